The number of nitrogen functional groups attached to an aromatic ring is 1. The summed E-state index contributed by atoms with van der Waals surface area (Å²) in [5.41, 5.74) is 8.79. The first-order chi connectivity index (χ1) is 9.60. The van der Waals surface area contributed by atoms with E-state index in [-0.39, 0.29) is 0 Å². The first kappa shape index (κ1) is 13.9. The predicted octanol–water partition coefficient (Wildman–Crippen LogP) is 2.09. The minimum absolute atomic E-state index is 0.296. The van der Waals surface area contributed by atoms with Crippen LogP contribution in [0.1, 0.15) is 16.1 Å². The molecule has 0 fully saturated rings. The highest BCUT2D eigenvalue weighted by atomic mass is 16.5. The second-order valence-electron chi connectivity index (χ2n) is 4.49. The molecule has 0 unspecified atom stereocenters. The Morgan fingerprint density at radius 3 is 2.85 bits per heavy atom. The average molecular weight is 271 g/mol. The normalized spacial score (nSPS) is 10.1. The third-order valence-electron chi connectivity index (χ3n) is 2.95. The molecule has 0 aliphatic carbocycles. The van der Waals surface area contributed by atoms with Gasteiger partial charge in [-0.25, -0.2) is 9.78 Å². The van der Waals surface area contributed by atoms with Crippen LogP contribution in [0.5, 0.6) is 0 Å². The molecule has 2 rings (SSSR count). The lowest BCUT2D eigenvalue weighted by atomic mass is 10.2. The Labute approximate surface area is 118 Å². The van der Waals surface area contributed by atoms with Crippen molar-refractivity contribution in [2.45, 2.75) is 6.54 Å². The fourth-order valence-electron chi connectivity index (χ4n) is 1.93. The number of benzene rings is 1. The quantitative estimate of drug-likeness (QED) is 0.681. The zero-order valence-corrected chi connectivity index (χ0v) is 11.5. The number of nitrogens with two attached hydrogens (primary N) is 1. The third-order valence-corrected chi connectivity index (χ3v) is 2.95. The molecule has 20 heavy (non-hydrogen) atoms. The van der Waals surface area contributed by atoms with Crippen LogP contribution in [0.15, 0.2) is 42.6 Å². The molecule has 0 spiro atoms. The highest BCUT2D eigenvalue weighted by molar-refractivity contribution is 5.88. The lowest BCUT2D eigenvalue weighted by molar-refractivity contribution is 0.0594. The summed E-state index contributed by atoms with van der Waals surface area (Å²) in [5.74, 6) is -0.441. The summed E-state index contributed by atoms with van der Waals surface area (Å²) >= 11 is 0. The standard InChI is InChI=1S/C15H17N3O2/c1-18(10-11-4-3-5-12(16)8-11)13-6-7-17-14(9-13)15(19)20-2/h3-9H,10,16H2,1-2H3. The van der Waals surface area contributed by atoms with Gasteiger partial charge in [-0.2, -0.15) is 0 Å². The van der Waals surface area contributed by atoms with E-state index in [9.17, 15) is 4.79 Å². The molecule has 0 aliphatic rings. The zero-order chi connectivity index (χ0) is 14.5. The highest BCUT2D eigenvalue weighted by Gasteiger charge is 2.10. The maximum Gasteiger partial charge on any atom is 0.356 e. The van der Waals surface area contributed by atoms with Crippen LogP contribution in [0, 0.1) is 0 Å². The lowest BCUT2D eigenvalue weighted by Gasteiger charge is -2.19. The summed E-state index contributed by atoms with van der Waals surface area (Å²) in [6.45, 7) is 0.690. The number of hydrogen-bond acceptors (Lipinski definition) is 5. The molecule has 0 bridgehead atoms. The molecular formula is C15H17N3O2. The number of hydrogen-bond donors (Lipinski definition) is 1. The molecule has 0 saturated carbocycles. The van der Waals surface area contributed by atoms with Gasteiger partial charge in [0.05, 0.1) is 7.11 Å². The minimum Gasteiger partial charge on any atom is -0.464 e. The first-order valence-electron chi connectivity index (χ1n) is 6.20. The van der Waals surface area contributed by atoms with E-state index in [4.69, 9.17) is 5.73 Å². The third kappa shape index (κ3) is 3.26. The van der Waals surface area contributed by atoms with E-state index in [0.717, 1.165) is 16.9 Å². The summed E-state index contributed by atoms with van der Waals surface area (Å²) < 4.78 is 4.67. The molecule has 0 amide bonds. The average Bonchev–Trinajstić information content (AvgIpc) is 2.46. The fraction of sp³-hybridized carbons (Fsp3) is 0.200. The molecule has 1 heterocycles. The topological polar surface area (TPSA) is 68.5 Å². The maximum absolute atomic E-state index is 11.5. The summed E-state index contributed by atoms with van der Waals surface area (Å²) in [6.07, 6.45) is 1.59. The van der Waals surface area contributed by atoms with Crippen molar-refractivity contribution in [1.29, 1.82) is 0 Å². The van der Waals surface area contributed by atoms with Crippen molar-refractivity contribution in [3.8, 4) is 0 Å². The van der Waals surface area contributed by atoms with Crippen LogP contribution >= 0.6 is 0 Å². The Bertz CT molecular complexity index is 614. The molecule has 5 nitrogen and oxygen atoms in total. The summed E-state index contributed by atoms with van der Waals surface area (Å²) in [4.78, 5) is 17.5. The summed E-state index contributed by atoms with van der Waals surface area (Å²) in [6, 6.07) is 11.3. The van der Waals surface area contributed by atoms with E-state index in [1.165, 1.54) is 7.11 Å². The molecule has 104 valence electrons. The number of ether oxygens (including phenoxy) is 1. The second-order valence-corrected chi connectivity index (χ2v) is 4.49. The number of esters is 1. The van der Waals surface area contributed by atoms with Crippen molar-refractivity contribution in [3.63, 3.8) is 0 Å². The van der Waals surface area contributed by atoms with E-state index >= 15 is 0 Å². The number of rotatable bonds is 4. The Balaban J connectivity index is 2.17. The van der Waals surface area contributed by atoms with Gasteiger partial charge in [-0.15, -0.1) is 0 Å². The SMILES string of the molecule is COC(=O)c1cc(N(C)Cc2cccc(N)c2)ccn1. The van der Waals surface area contributed by atoms with Gasteiger partial charge >= 0.3 is 5.97 Å². The van der Waals surface area contributed by atoms with Gasteiger partial charge in [0.15, 0.2) is 0 Å². The first-order valence-corrected chi connectivity index (χ1v) is 6.20. The Morgan fingerprint density at radius 2 is 2.15 bits per heavy atom. The molecule has 1 aromatic carbocycles. The molecule has 1 aromatic heterocycles. The van der Waals surface area contributed by atoms with E-state index in [1.807, 2.05) is 42.3 Å². The fourth-order valence-corrected chi connectivity index (χ4v) is 1.93. The van der Waals surface area contributed by atoms with Gasteiger partial charge in [0.2, 0.25) is 0 Å². The minimum atomic E-state index is -0.441. The predicted molar refractivity (Wildman–Crippen MR) is 78.5 cm³/mol. The molecule has 0 aliphatic heterocycles. The Morgan fingerprint density at radius 1 is 1.35 bits per heavy atom. The van der Waals surface area contributed by atoms with Crippen molar-refractivity contribution in [2.75, 3.05) is 24.8 Å². The van der Waals surface area contributed by atoms with Crippen molar-refractivity contribution in [1.82, 2.24) is 4.98 Å². The number of anilines is 2. The van der Waals surface area contributed by atoms with Gasteiger partial charge in [0, 0.05) is 31.2 Å². The van der Waals surface area contributed by atoms with Gasteiger partial charge in [0.25, 0.3) is 0 Å². The van der Waals surface area contributed by atoms with Gasteiger partial charge < -0.3 is 15.4 Å². The maximum atomic E-state index is 11.5. The van der Waals surface area contributed by atoms with Crippen LogP contribution in [0.3, 0.4) is 0 Å². The van der Waals surface area contributed by atoms with Gasteiger partial charge in [-0.05, 0) is 29.8 Å². The summed E-state index contributed by atoms with van der Waals surface area (Å²) in [5, 5.41) is 0. The van der Waals surface area contributed by atoms with Crippen LogP contribution < -0.4 is 10.6 Å². The van der Waals surface area contributed by atoms with E-state index in [0.29, 0.717) is 12.2 Å². The van der Waals surface area contributed by atoms with Crippen molar-refractivity contribution >= 4 is 17.3 Å². The Hall–Kier alpha value is -2.56. The highest BCUT2D eigenvalue weighted by Crippen LogP contribution is 2.17. The number of aromatic nitrogens is 1. The van der Waals surface area contributed by atoms with Gasteiger partial charge in [0.1, 0.15) is 5.69 Å². The van der Waals surface area contributed by atoms with Crippen LogP contribution in [-0.4, -0.2) is 25.1 Å². The molecular weight excluding hydrogens is 254 g/mol. The van der Waals surface area contributed by atoms with Crippen molar-refractivity contribution in [2.24, 2.45) is 0 Å². The van der Waals surface area contributed by atoms with Gasteiger partial charge in [-0.3, -0.25) is 0 Å². The molecule has 5 heteroatoms. The van der Waals surface area contributed by atoms with E-state index < -0.39 is 5.97 Å². The molecule has 2 aromatic rings. The van der Waals surface area contributed by atoms with Crippen LogP contribution in [0.4, 0.5) is 11.4 Å². The number of carbonyl (C=O) groups excluding carboxylic acids is 1. The van der Waals surface area contributed by atoms with E-state index in [1.54, 1.807) is 12.3 Å². The van der Waals surface area contributed by atoms with Crippen LogP contribution in [0.2, 0.25) is 0 Å². The monoisotopic (exact) mass is 271 g/mol. The zero-order valence-electron chi connectivity index (χ0n) is 11.5. The summed E-state index contributed by atoms with van der Waals surface area (Å²) in [7, 11) is 3.28. The lowest BCUT2D eigenvalue weighted by Crippen LogP contribution is -2.17. The number of methoxy groups -OCH3 is 1. The number of pyridine rings is 1. The van der Waals surface area contributed by atoms with E-state index in [2.05, 4.69) is 9.72 Å². The van der Waals surface area contributed by atoms with Crippen LogP contribution in [0.25, 0.3) is 0 Å². The molecule has 2 N–H and O–H groups in total. The number of nitrogens with zero attached hydrogens (tertiary/aromatic N) is 2. The second kappa shape index (κ2) is 6.06. The molecule has 0 atom stereocenters. The smallest absolute Gasteiger partial charge is 0.356 e. The van der Waals surface area contributed by atoms with Crippen LogP contribution in [-0.2, 0) is 11.3 Å². The Kier molecular flexibility index (Phi) is 4.20. The largest absolute Gasteiger partial charge is 0.464 e. The molecule has 0 radical (unpaired) electrons. The van der Waals surface area contributed by atoms with Crippen molar-refractivity contribution in [3.05, 3.63) is 53.9 Å². The molecule has 0 saturated heterocycles. The number of carbonyl (C=O) groups is 1. The van der Waals surface area contributed by atoms with Crippen molar-refractivity contribution < 1.29 is 9.53 Å². The van der Waals surface area contributed by atoms with Gasteiger partial charge in [-0.1, -0.05) is 12.1 Å².